The fraction of sp³-hybridized carbons (Fsp3) is 0.269. The number of hydrogen-bond donors (Lipinski definition) is 1. The second kappa shape index (κ2) is 10.8. The standard InChI is InChI=1S/C26H27ClFN3O3S/c1-19-7-8-21(27)18-25(19)30-13-15-31(16-14-30)26(32)24(17-20-5-3-2-4-6-20)29-35(33,34)23-11-9-22(28)10-12-23/h2-12,18,24,29H,13-17H2,1H3/t24-/m1/s1. The van der Waals surface area contributed by atoms with Gasteiger partial charge in [-0.1, -0.05) is 48.0 Å². The highest BCUT2D eigenvalue weighted by atomic mass is 35.5. The van der Waals surface area contributed by atoms with E-state index < -0.39 is 21.9 Å². The van der Waals surface area contributed by atoms with Gasteiger partial charge in [0.05, 0.1) is 4.90 Å². The van der Waals surface area contributed by atoms with Crippen LogP contribution in [-0.4, -0.2) is 51.4 Å². The molecule has 184 valence electrons. The quantitative estimate of drug-likeness (QED) is 0.516. The normalized spacial score (nSPS) is 15.2. The van der Waals surface area contributed by atoms with Crippen molar-refractivity contribution in [1.29, 1.82) is 0 Å². The van der Waals surface area contributed by atoms with E-state index in [0.29, 0.717) is 31.2 Å². The first-order valence-corrected chi connectivity index (χ1v) is 13.2. The minimum atomic E-state index is -4.03. The molecule has 1 aliphatic rings. The molecule has 1 saturated heterocycles. The number of nitrogens with zero attached hydrogens (tertiary/aromatic N) is 2. The molecule has 1 heterocycles. The van der Waals surface area contributed by atoms with Crippen molar-refractivity contribution in [1.82, 2.24) is 9.62 Å². The summed E-state index contributed by atoms with van der Waals surface area (Å²) in [5.74, 6) is -0.823. The number of halogens is 2. The number of carbonyl (C=O) groups is 1. The first kappa shape index (κ1) is 25.2. The lowest BCUT2D eigenvalue weighted by atomic mass is 10.1. The van der Waals surface area contributed by atoms with Gasteiger partial charge in [0.25, 0.3) is 0 Å². The van der Waals surface area contributed by atoms with Crippen LogP contribution < -0.4 is 9.62 Å². The Kier molecular flexibility index (Phi) is 7.74. The molecule has 9 heteroatoms. The van der Waals surface area contributed by atoms with E-state index in [-0.39, 0.29) is 17.2 Å². The zero-order chi connectivity index (χ0) is 25.0. The number of benzene rings is 3. The lowest BCUT2D eigenvalue weighted by molar-refractivity contribution is -0.133. The van der Waals surface area contributed by atoms with E-state index in [9.17, 15) is 17.6 Å². The summed E-state index contributed by atoms with van der Waals surface area (Å²) in [7, 11) is -4.03. The Morgan fingerprint density at radius 2 is 1.66 bits per heavy atom. The summed E-state index contributed by atoms with van der Waals surface area (Å²) < 4.78 is 41.9. The number of piperazine rings is 1. The predicted octanol–water partition coefficient (Wildman–Crippen LogP) is 4.03. The van der Waals surface area contributed by atoms with E-state index in [0.717, 1.165) is 28.9 Å². The highest BCUT2D eigenvalue weighted by molar-refractivity contribution is 7.89. The molecular formula is C26H27ClFN3O3S. The van der Waals surface area contributed by atoms with Crippen molar-refractivity contribution < 1.29 is 17.6 Å². The molecule has 1 atom stereocenters. The SMILES string of the molecule is Cc1ccc(Cl)cc1N1CCN(C(=O)[C@@H](Cc2ccccc2)NS(=O)(=O)c2ccc(F)cc2)CC1. The summed E-state index contributed by atoms with van der Waals surface area (Å²) in [5.41, 5.74) is 2.96. The van der Waals surface area contributed by atoms with Crippen LogP contribution >= 0.6 is 11.6 Å². The van der Waals surface area contributed by atoms with Crippen LogP contribution in [0.2, 0.25) is 5.02 Å². The molecule has 0 spiro atoms. The third-order valence-corrected chi connectivity index (χ3v) is 7.83. The number of rotatable bonds is 7. The summed E-state index contributed by atoms with van der Waals surface area (Å²) >= 11 is 6.18. The highest BCUT2D eigenvalue weighted by Crippen LogP contribution is 2.25. The molecular weight excluding hydrogens is 489 g/mol. The van der Waals surface area contributed by atoms with E-state index in [4.69, 9.17) is 11.6 Å². The van der Waals surface area contributed by atoms with Gasteiger partial charge < -0.3 is 9.80 Å². The molecule has 1 aliphatic heterocycles. The van der Waals surface area contributed by atoms with Gasteiger partial charge in [-0.2, -0.15) is 4.72 Å². The monoisotopic (exact) mass is 515 g/mol. The van der Waals surface area contributed by atoms with Crippen molar-refractivity contribution in [3.05, 3.63) is 94.8 Å². The number of anilines is 1. The third-order valence-electron chi connectivity index (χ3n) is 6.11. The second-order valence-electron chi connectivity index (χ2n) is 8.56. The van der Waals surface area contributed by atoms with Crippen LogP contribution in [0.15, 0.2) is 77.7 Å². The Morgan fingerprint density at radius 1 is 1.00 bits per heavy atom. The molecule has 1 N–H and O–H groups in total. The summed E-state index contributed by atoms with van der Waals surface area (Å²) in [4.78, 5) is 17.3. The first-order valence-electron chi connectivity index (χ1n) is 11.3. The zero-order valence-electron chi connectivity index (χ0n) is 19.3. The maximum absolute atomic E-state index is 13.5. The third kappa shape index (κ3) is 6.20. The van der Waals surface area contributed by atoms with E-state index in [1.54, 1.807) is 4.90 Å². The number of aryl methyl sites for hydroxylation is 1. The van der Waals surface area contributed by atoms with Crippen LogP contribution in [0, 0.1) is 12.7 Å². The maximum atomic E-state index is 13.5. The van der Waals surface area contributed by atoms with Crippen molar-refractivity contribution in [2.75, 3.05) is 31.1 Å². The Hall–Kier alpha value is -2.94. The summed E-state index contributed by atoms with van der Waals surface area (Å²) in [6, 6.07) is 18.5. The average molecular weight is 516 g/mol. The van der Waals surface area contributed by atoms with E-state index in [2.05, 4.69) is 9.62 Å². The van der Waals surface area contributed by atoms with Crippen LogP contribution in [0.1, 0.15) is 11.1 Å². The molecule has 1 fully saturated rings. The molecule has 0 aromatic heterocycles. The second-order valence-corrected chi connectivity index (χ2v) is 10.7. The van der Waals surface area contributed by atoms with Gasteiger partial charge in [0, 0.05) is 36.9 Å². The summed E-state index contributed by atoms with van der Waals surface area (Å²) in [6.07, 6.45) is 0.202. The van der Waals surface area contributed by atoms with Gasteiger partial charge in [0.15, 0.2) is 0 Å². The maximum Gasteiger partial charge on any atom is 0.241 e. The van der Waals surface area contributed by atoms with E-state index in [1.165, 1.54) is 12.1 Å². The molecule has 0 aliphatic carbocycles. The Balaban J connectivity index is 1.51. The lowest BCUT2D eigenvalue weighted by Gasteiger charge is -2.38. The van der Waals surface area contributed by atoms with Crippen LogP contribution in [0.25, 0.3) is 0 Å². The minimum absolute atomic E-state index is 0.0917. The lowest BCUT2D eigenvalue weighted by Crippen LogP contribution is -2.55. The largest absolute Gasteiger partial charge is 0.368 e. The van der Waals surface area contributed by atoms with Crippen molar-refractivity contribution in [3.8, 4) is 0 Å². The van der Waals surface area contributed by atoms with Crippen LogP contribution in [-0.2, 0) is 21.2 Å². The Bertz CT molecular complexity index is 1280. The highest BCUT2D eigenvalue weighted by Gasteiger charge is 2.31. The molecule has 35 heavy (non-hydrogen) atoms. The average Bonchev–Trinajstić information content (AvgIpc) is 2.85. The number of hydrogen-bond acceptors (Lipinski definition) is 4. The molecule has 0 unspecified atom stereocenters. The molecule has 3 aromatic rings. The fourth-order valence-electron chi connectivity index (χ4n) is 4.21. The van der Waals surface area contributed by atoms with Gasteiger partial charge in [-0.15, -0.1) is 0 Å². The predicted molar refractivity (Wildman–Crippen MR) is 136 cm³/mol. The van der Waals surface area contributed by atoms with Crippen LogP contribution in [0.5, 0.6) is 0 Å². The number of nitrogens with one attached hydrogen (secondary N) is 1. The smallest absolute Gasteiger partial charge is 0.241 e. The van der Waals surface area contributed by atoms with Crippen molar-refractivity contribution in [3.63, 3.8) is 0 Å². The van der Waals surface area contributed by atoms with Gasteiger partial charge >= 0.3 is 0 Å². The molecule has 0 radical (unpaired) electrons. The molecule has 4 rings (SSSR count). The molecule has 3 aromatic carbocycles. The van der Waals surface area contributed by atoms with Crippen molar-refractivity contribution >= 4 is 33.2 Å². The molecule has 0 saturated carbocycles. The number of carbonyl (C=O) groups excluding carboxylic acids is 1. The van der Waals surface area contributed by atoms with Gasteiger partial charge in [-0.25, -0.2) is 12.8 Å². The Morgan fingerprint density at radius 3 is 2.31 bits per heavy atom. The molecule has 6 nitrogen and oxygen atoms in total. The first-order chi connectivity index (χ1) is 16.7. The van der Waals surface area contributed by atoms with Crippen molar-refractivity contribution in [2.45, 2.75) is 24.3 Å². The number of amides is 1. The van der Waals surface area contributed by atoms with Crippen molar-refractivity contribution in [2.24, 2.45) is 0 Å². The van der Waals surface area contributed by atoms with Gasteiger partial charge in [-0.05, 0) is 60.9 Å². The van der Waals surface area contributed by atoms with Crippen LogP contribution in [0.4, 0.5) is 10.1 Å². The molecule has 1 amide bonds. The van der Waals surface area contributed by atoms with Gasteiger partial charge in [-0.3, -0.25) is 4.79 Å². The summed E-state index contributed by atoms with van der Waals surface area (Å²) in [6.45, 7) is 4.14. The van der Waals surface area contributed by atoms with E-state index in [1.807, 2.05) is 55.5 Å². The van der Waals surface area contributed by atoms with Gasteiger partial charge in [0.1, 0.15) is 11.9 Å². The topological polar surface area (TPSA) is 69.7 Å². The van der Waals surface area contributed by atoms with E-state index >= 15 is 0 Å². The fourth-order valence-corrected chi connectivity index (χ4v) is 5.57. The van der Waals surface area contributed by atoms with Crippen LogP contribution in [0.3, 0.4) is 0 Å². The zero-order valence-corrected chi connectivity index (χ0v) is 20.9. The molecule has 0 bridgehead atoms. The van der Waals surface area contributed by atoms with Gasteiger partial charge in [0.2, 0.25) is 15.9 Å². The number of sulfonamides is 1. The summed E-state index contributed by atoms with van der Waals surface area (Å²) in [5, 5.41) is 0.655. The Labute approximate surface area is 210 Å². The minimum Gasteiger partial charge on any atom is -0.368 e.